The van der Waals surface area contributed by atoms with Gasteiger partial charge in [0.05, 0.1) is 0 Å². The lowest BCUT2D eigenvalue weighted by Gasteiger charge is -2.11. The molecule has 2 aromatic carbocycles. The molecule has 0 aliphatic carbocycles. The summed E-state index contributed by atoms with van der Waals surface area (Å²) in [6.07, 6.45) is 0. The van der Waals surface area contributed by atoms with Gasteiger partial charge in [0.1, 0.15) is 24.5 Å². The fourth-order valence-corrected chi connectivity index (χ4v) is 1.79. The monoisotopic (exact) mass is 290 g/mol. The van der Waals surface area contributed by atoms with Crippen LogP contribution in [0.25, 0.3) is 0 Å². The molecule has 0 saturated heterocycles. The summed E-state index contributed by atoms with van der Waals surface area (Å²) in [6.45, 7) is 2.08. The molecule has 0 bridgehead atoms. The molecule has 0 atom stereocenters. The smallest absolute Gasteiger partial charge is 0.339 e. The Hall–Kier alpha value is -2.56. The first-order chi connectivity index (χ1) is 10.1. The highest BCUT2D eigenvalue weighted by Gasteiger charge is 2.10. The summed E-state index contributed by atoms with van der Waals surface area (Å²) in [5, 5.41) is 9.01. The first-order valence-electron chi connectivity index (χ1n) is 6.42. The van der Waals surface area contributed by atoms with Gasteiger partial charge >= 0.3 is 5.97 Å². The minimum atomic E-state index is -1.06. The van der Waals surface area contributed by atoms with Gasteiger partial charge in [-0.2, -0.15) is 0 Å². The van der Waals surface area contributed by atoms with Gasteiger partial charge in [0.15, 0.2) is 11.6 Å². The summed E-state index contributed by atoms with van der Waals surface area (Å²) in [7, 11) is 0. The van der Waals surface area contributed by atoms with Crippen LogP contribution in [0.3, 0.4) is 0 Å². The minimum absolute atomic E-state index is 0.0826. The molecule has 110 valence electrons. The molecule has 0 spiro atoms. The molecular formula is C16H15FO4. The zero-order chi connectivity index (χ0) is 15.2. The maximum absolute atomic E-state index is 13.4. The zero-order valence-corrected chi connectivity index (χ0v) is 11.5. The van der Waals surface area contributed by atoms with Crippen molar-refractivity contribution in [1.82, 2.24) is 0 Å². The van der Waals surface area contributed by atoms with Gasteiger partial charge in [-0.05, 0) is 36.8 Å². The van der Waals surface area contributed by atoms with E-state index in [-0.39, 0.29) is 30.3 Å². The molecule has 0 saturated carbocycles. The van der Waals surface area contributed by atoms with Crippen molar-refractivity contribution in [3.05, 3.63) is 59.4 Å². The van der Waals surface area contributed by atoms with Crippen LogP contribution < -0.4 is 9.47 Å². The van der Waals surface area contributed by atoms with E-state index in [1.807, 2.05) is 6.92 Å². The number of aryl methyl sites for hydroxylation is 1. The predicted molar refractivity (Wildman–Crippen MR) is 75.5 cm³/mol. The second-order valence-corrected chi connectivity index (χ2v) is 4.43. The van der Waals surface area contributed by atoms with Crippen LogP contribution in [-0.2, 0) is 0 Å². The number of halogens is 1. The highest BCUT2D eigenvalue weighted by molar-refractivity contribution is 5.90. The van der Waals surface area contributed by atoms with E-state index >= 15 is 0 Å². The van der Waals surface area contributed by atoms with Crippen LogP contribution in [0.15, 0.2) is 42.5 Å². The quantitative estimate of drug-likeness (QED) is 0.829. The van der Waals surface area contributed by atoms with Gasteiger partial charge < -0.3 is 14.6 Å². The second-order valence-electron chi connectivity index (χ2n) is 4.43. The molecule has 5 heteroatoms. The SMILES string of the molecule is Cc1ccc(F)c(OCCOc2ccccc2C(=O)O)c1. The van der Waals surface area contributed by atoms with E-state index < -0.39 is 11.8 Å². The van der Waals surface area contributed by atoms with Gasteiger partial charge in [-0.15, -0.1) is 0 Å². The van der Waals surface area contributed by atoms with Crippen molar-refractivity contribution in [3.63, 3.8) is 0 Å². The molecule has 4 nitrogen and oxygen atoms in total. The van der Waals surface area contributed by atoms with Crippen molar-refractivity contribution in [2.45, 2.75) is 6.92 Å². The van der Waals surface area contributed by atoms with Crippen LogP contribution >= 0.6 is 0 Å². The van der Waals surface area contributed by atoms with E-state index in [0.29, 0.717) is 0 Å². The maximum Gasteiger partial charge on any atom is 0.339 e. The fourth-order valence-electron chi connectivity index (χ4n) is 1.79. The van der Waals surface area contributed by atoms with E-state index in [2.05, 4.69) is 0 Å². The van der Waals surface area contributed by atoms with Crippen LogP contribution in [0.4, 0.5) is 4.39 Å². The number of ether oxygens (including phenoxy) is 2. The molecule has 21 heavy (non-hydrogen) atoms. The highest BCUT2D eigenvalue weighted by atomic mass is 19.1. The Morgan fingerprint density at radius 1 is 1.10 bits per heavy atom. The Morgan fingerprint density at radius 3 is 2.48 bits per heavy atom. The Morgan fingerprint density at radius 2 is 1.76 bits per heavy atom. The zero-order valence-electron chi connectivity index (χ0n) is 11.5. The van der Waals surface area contributed by atoms with Gasteiger partial charge in [-0.3, -0.25) is 0 Å². The summed E-state index contributed by atoms with van der Waals surface area (Å²) >= 11 is 0. The van der Waals surface area contributed by atoms with Crippen LogP contribution in [0.5, 0.6) is 11.5 Å². The molecular weight excluding hydrogens is 275 g/mol. The largest absolute Gasteiger partial charge is 0.489 e. The molecule has 2 aromatic rings. The van der Waals surface area contributed by atoms with Gasteiger partial charge in [0.2, 0.25) is 0 Å². The number of benzene rings is 2. The molecule has 0 aromatic heterocycles. The van der Waals surface area contributed by atoms with E-state index in [1.54, 1.807) is 30.3 Å². The average Bonchev–Trinajstić information content (AvgIpc) is 2.47. The lowest BCUT2D eigenvalue weighted by atomic mass is 10.2. The number of hydrogen-bond donors (Lipinski definition) is 1. The van der Waals surface area contributed by atoms with Gasteiger partial charge in [-0.1, -0.05) is 18.2 Å². The van der Waals surface area contributed by atoms with E-state index in [0.717, 1.165) is 5.56 Å². The summed E-state index contributed by atoms with van der Waals surface area (Å²) in [4.78, 5) is 11.0. The molecule has 2 rings (SSSR count). The predicted octanol–water partition coefficient (Wildman–Crippen LogP) is 3.29. The summed E-state index contributed by atoms with van der Waals surface area (Å²) < 4.78 is 24.1. The molecule has 0 amide bonds. The van der Waals surface area contributed by atoms with Crippen molar-refractivity contribution in [1.29, 1.82) is 0 Å². The Balaban J connectivity index is 1.91. The number of carboxylic acids is 1. The standard InChI is InChI=1S/C16H15FO4/c1-11-6-7-13(17)15(10-11)21-9-8-20-14-5-3-2-4-12(14)16(18)19/h2-7,10H,8-9H2,1H3,(H,18,19). The Labute approximate surface area is 121 Å². The molecule has 0 aliphatic heterocycles. The number of rotatable bonds is 6. The van der Waals surface area contributed by atoms with Gasteiger partial charge in [0, 0.05) is 0 Å². The lowest BCUT2D eigenvalue weighted by molar-refractivity contribution is 0.0691. The molecule has 0 aliphatic rings. The normalized spacial score (nSPS) is 10.2. The van der Waals surface area contributed by atoms with Crippen LogP contribution in [-0.4, -0.2) is 24.3 Å². The topological polar surface area (TPSA) is 55.8 Å². The van der Waals surface area contributed by atoms with E-state index in [9.17, 15) is 9.18 Å². The highest BCUT2D eigenvalue weighted by Crippen LogP contribution is 2.19. The number of carbonyl (C=O) groups is 1. The third-order valence-electron chi connectivity index (χ3n) is 2.80. The number of aromatic carboxylic acids is 1. The van der Waals surface area contributed by atoms with Crippen molar-refractivity contribution >= 4 is 5.97 Å². The maximum atomic E-state index is 13.4. The number of carboxylic acid groups (broad SMARTS) is 1. The third kappa shape index (κ3) is 3.95. The van der Waals surface area contributed by atoms with Crippen LogP contribution in [0.1, 0.15) is 15.9 Å². The minimum Gasteiger partial charge on any atom is -0.489 e. The Kier molecular flexibility index (Phi) is 4.77. The molecule has 0 fully saturated rings. The van der Waals surface area contributed by atoms with Gasteiger partial charge in [0.25, 0.3) is 0 Å². The van der Waals surface area contributed by atoms with Crippen LogP contribution in [0.2, 0.25) is 0 Å². The first kappa shape index (κ1) is 14.8. The van der Waals surface area contributed by atoms with E-state index in [1.165, 1.54) is 12.1 Å². The summed E-state index contributed by atoms with van der Waals surface area (Å²) in [6, 6.07) is 10.9. The summed E-state index contributed by atoms with van der Waals surface area (Å²) in [5.41, 5.74) is 0.975. The van der Waals surface area contributed by atoms with Crippen molar-refractivity contribution in [2.24, 2.45) is 0 Å². The lowest BCUT2D eigenvalue weighted by Crippen LogP contribution is -2.11. The molecule has 0 radical (unpaired) electrons. The number of hydrogen-bond acceptors (Lipinski definition) is 3. The second kappa shape index (κ2) is 6.74. The average molecular weight is 290 g/mol. The van der Waals surface area contributed by atoms with Crippen molar-refractivity contribution < 1.29 is 23.8 Å². The summed E-state index contributed by atoms with van der Waals surface area (Å²) in [5.74, 6) is -1.08. The van der Waals surface area contributed by atoms with Gasteiger partial charge in [-0.25, -0.2) is 9.18 Å². The van der Waals surface area contributed by atoms with Crippen molar-refractivity contribution in [2.75, 3.05) is 13.2 Å². The Bertz CT molecular complexity index is 640. The van der Waals surface area contributed by atoms with E-state index in [4.69, 9.17) is 14.6 Å². The number of para-hydroxylation sites is 1. The fraction of sp³-hybridized carbons (Fsp3) is 0.188. The van der Waals surface area contributed by atoms with Crippen LogP contribution in [0, 0.1) is 12.7 Å². The molecule has 0 heterocycles. The van der Waals surface area contributed by atoms with Crippen molar-refractivity contribution in [3.8, 4) is 11.5 Å². The third-order valence-corrected chi connectivity index (χ3v) is 2.80. The first-order valence-corrected chi connectivity index (χ1v) is 6.42. The molecule has 1 N–H and O–H groups in total. The molecule has 0 unspecified atom stereocenters.